The van der Waals surface area contributed by atoms with Gasteiger partial charge in [-0.25, -0.2) is 0 Å². The third kappa shape index (κ3) is 3.47. The maximum Gasteiger partial charge on any atom is 0.121 e. The average molecular weight is 344 g/mol. The summed E-state index contributed by atoms with van der Waals surface area (Å²) in [6.07, 6.45) is 3.18. The monoisotopic (exact) mass is 343 g/mol. The summed E-state index contributed by atoms with van der Waals surface area (Å²) in [6.45, 7) is 0.768. The normalized spacial score (nSPS) is 28.7. The second-order valence-electron chi connectivity index (χ2n) is 5.57. The van der Waals surface area contributed by atoms with E-state index in [4.69, 9.17) is 39.0 Å². The predicted octanol–water partition coefficient (Wildman–Crippen LogP) is 3.41. The molecule has 1 aromatic rings. The van der Waals surface area contributed by atoms with Gasteiger partial charge >= 0.3 is 0 Å². The van der Waals surface area contributed by atoms with Crippen molar-refractivity contribution in [3.05, 3.63) is 28.8 Å². The number of thiocarbonyl (C=S) groups is 1. The van der Waals surface area contributed by atoms with Gasteiger partial charge in [-0.2, -0.15) is 11.8 Å². The second-order valence-corrected chi connectivity index (χ2v) is 7.52. The van der Waals surface area contributed by atoms with Crippen LogP contribution in [-0.2, 0) is 4.74 Å². The van der Waals surface area contributed by atoms with Crippen LogP contribution in [0.25, 0.3) is 0 Å². The highest BCUT2D eigenvalue weighted by Crippen LogP contribution is 2.39. The number of halogens is 1. The first kappa shape index (κ1) is 15.4. The number of ether oxygens (including phenoxy) is 2. The molecule has 2 N–H and O–H groups in total. The lowest BCUT2D eigenvalue weighted by Gasteiger charge is -2.37. The summed E-state index contributed by atoms with van der Waals surface area (Å²) in [6, 6.07) is 5.49. The summed E-state index contributed by atoms with van der Waals surface area (Å²) in [7, 11) is 0. The smallest absolute Gasteiger partial charge is 0.121 e. The van der Waals surface area contributed by atoms with Crippen LogP contribution in [0.4, 0.5) is 0 Å². The fraction of sp³-hybridized carbons (Fsp3) is 0.533. The minimum absolute atomic E-state index is 0.0240. The van der Waals surface area contributed by atoms with Crippen LogP contribution in [0.3, 0.4) is 0 Å². The molecule has 2 fully saturated rings. The minimum atomic E-state index is 0.0240. The van der Waals surface area contributed by atoms with Crippen molar-refractivity contribution < 1.29 is 9.47 Å². The zero-order valence-electron chi connectivity index (χ0n) is 11.6. The van der Waals surface area contributed by atoms with Crippen LogP contribution in [0.15, 0.2) is 18.2 Å². The van der Waals surface area contributed by atoms with Crippen LogP contribution in [0.5, 0.6) is 5.75 Å². The van der Waals surface area contributed by atoms with E-state index < -0.39 is 0 Å². The van der Waals surface area contributed by atoms with Gasteiger partial charge in [-0.1, -0.05) is 23.8 Å². The molecule has 1 spiro atoms. The van der Waals surface area contributed by atoms with Gasteiger partial charge in [-0.05, 0) is 30.4 Å². The molecule has 2 unspecified atom stereocenters. The third-order valence-corrected chi connectivity index (χ3v) is 5.78. The molecule has 0 aliphatic carbocycles. The first-order valence-corrected chi connectivity index (χ1v) is 9.00. The lowest BCUT2D eigenvalue weighted by atomic mass is 9.91. The Morgan fingerprint density at radius 1 is 1.52 bits per heavy atom. The minimum Gasteiger partial charge on any atom is -0.490 e. The quantitative estimate of drug-likeness (QED) is 0.852. The van der Waals surface area contributed by atoms with E-state index in [2.05, 4.69) is 0 Å². The Balaban J connectivity index is 1.68. The van der Waals surface area contributed by atoms with E-state index in [1.165, 1.54) is 5.75 Å². The molecule has 0 aromatic heterocycles. The van der Waals surface area contributed by atoms with Crippen LogP contribution < -0.4 is 10.5 Å². The first-order chi connectivity index (χ1) is 10.1. The van der Waals surface area contributed by atoms with E-state index in [0.717, 1.165) is 37.4 Å². The van der Waals surface area contributed by atoms with E-state index in [-0.39, 0.29) is 11.7 Å². The van der Waals surface area contributed by atoms with Gasteiger partial charge in [0.15, 0.2) is 0 Å². The Morgan fingerprint density at radius 2 is 2.38 bits per heavy atom. The molecule has 2 atom stereocenters. The Morgan fingerprint density at radius 3 is 3.05 bits per heavy atom. The van der Waals surface area contributed by atoms with E-state index in [1.54, 1.807) is 6.07 Å². The fourth-order valence-corrected chi connectivity index (χ4v) is 4.79. The molecule has 0 saturated carbocycles. The van der Waals surface area contributed by atoms with Crippen molar-refractivity contribution in [2.24, 2.45) is 5.73 Å². The highest BCUT2D eigenvalue weighted by molar-refractivity contribution is 7.99. The zero-order chi connectivity index (χ0) is 14.9. The molecule has 0 amide bonds. The number of rotatable bonds is 3. The molecule has 0 radical (unpaired) electrons. The van der Waals surface area contributed by atoms with Crippen LogP contribution >= 0.6 is 35.6 Å². The molecule has 3 nitrogen and oxygen atoms in total. The molecule has 21 heavy (non-hydrogen) atoms. The van der Waals surface area contributed by atoms with Crippen molar-refractivity contribution in [1.29, 1.82) is 0 Å². The predicted molar refractivity (Wildman–Crippen MR) is 91.6 cm³/mol. The Kier molecular flexibility index (Phi) is 4.64. The van der Waals surface area contributed by atoms with Crippen molar-refractivity contribution >= 4 is 40.6 Å². The summed E-state index contributed by atoms with van der Waals surface area (Å²) in [4.78, 5) is 0.305. The SMILES string of the molecule is NC(=S)c1ccc(OC2CCOC3(CCSC3)C2)cc1Cl. The van der Waals surface area contributed by atoms with E-state index in [0.29, 0.717) is 15.6 Å². The molecule has 114 valence electrons. The van der Waals surface area contributed by atoms with Crippen molar-refractivity contribution in [3.8, 4) is 5.75 Å². The lowest BCUT2D eigenvalue weighted by molar-refractivity contribution is -0.0958. The largest absolute Gasteiger partial charge is 0.490 e. The van der Waals surface area contributed by atoms with Gasteiger partial charge in [0, 0.05) is 24.2 Å². The Labute approximate surface area is 139 Å². The standard InChI is InChI=1S/C15H18ClNO2S2/c16-13-7-10(1-2-12(13)14(17)20)19-11-3-5-18-15(8-11)4-6-21-9-15/h1-2,7,11H,3-6,8-9H2,(H2,17,20). The Hall–Kier alpha value is -0.490. The number of hydrogen-bond acceptors (Lipinski definition) is 4. The molecule has 6 heteroatoms. The van der Waals surface area contributed by atoms with Gasteiger partial charge in [0.25, 0.3) is 0 Å². The number of thioether (sulfide) groups is 1. The van der Waals surface area contributed by atoms with Crippen molar-refractivity contribution in [2.45, 2.75) is 31.0 Å². The molecule has 2 aliphatic heterocycles. The second kappa shape index (κ2) is 6.32. The van der Waals surface area contributed by atoms with Gasteiger partial charge in [0.05, 0.1) is 17.2 Å². The maximum absolute atomic E-state index is 6.19. The van der Waals surface area contributed by atoms with Gasteiger partial charge in [-0.3, -0.25) is 0 Å². The number of hydrogen-bond donors (Lipinski definition) is 1. The summed E-state index contributed by atoms with van der Waals surface area (Å²) in [5.74, 6) is 3.03. The fourth-order valence-electron chi connectivity index (χ4n) is 2.91. The first-order valence-electron chi connectivity index (χ1n) is 7.06. The lowest BCUT2D eigenvalue weighted by Crippen LogP contribution is -2.43. The van der Waals surface area contributed by atoms with Crippen LogP contribution in [-0.4, -0.2) is 34.8 Å². The highest BCUT2D eigenvalue weighted by Gasteiger charge is 2.41. The number of nitrogens with two attached hydrogens (primary N) is 1. The van der Waals surface area contributed by atoms with Gasteiger partial charge < -0.3 is 15.2 Å². The molecule has 2 aliphatic rings. The van der Waals surface area contributed by atoms with E-state index in [1.807, 2.05) is 23.9 Å². The maximum atomic E-state index is 6.19. The van der Waals surface area contributed by atoms with Gasteiger partial charge in [-0.15, -0.1) is 0 Å². The van der Waals surface area contributed by atoms with Crippen LogP contribution in [0.1, 0.15) is 24.8 Å². The van der Waals surface area contributed by atoms with Crippen molar-refractivity contribution in [3.63, 3.8) is 0 Å². The van der Waals surface area contributed by atoms with E-state index in [9.17, 15) is 0 Å². The van der Waals surface area contributed by atoms with Crippen LogP contribution in [0, 0.1) is 0 Å². The van der Waals surface area contributed by atoms with Gasteiger partial charge in [0.1, 0.15) is 16.8 Å². The topological polar surface area (TPSA) is 44.5 Å². The average Bonchev–Trinajstić information content (AvgIpc) is 2.86. The molecule has 2 saturated heterocycles. The van der Waals surface area contributed by atoms with Crippen molar-refractivity contribution in [2.75, 3.05) is 18.1 Å². The summed E-state index contributed by atoms with van der Waals surface area (Å²) in [5, 5.41) is 0.540. The summed E-state index contributed by atoms with van der Waals surface area (Å²) >= 11 is 13.1. The third-order valence-electron chi connectivity index (χ3n) is 4.02. The van der Waals surface area contributed by atoms with Crippen molar-refractivity contribution in [1.82, 2.24) is 0 Å². The molecule has 2 heterocycles. The molecule has 3 rings (SSSR count). The number of benzene rings is 1. The van der Waals surface area contributed by atoms with Crippen LogP contribution in [0.2, 0.25) is 5.02 Å². The van der Waals surface area contributed by atoms with E-state index >= 15 is 0 Å². The molecular formula is C15H18ClNO2S2. The summed E-state index contributed by atoms with van der Waals surface area (Å²) < 4.78 is 12.1. The van der Waals surface area contributed by atoms with Gasteiger partial charge in [0.2, 0.25) is 0 Å². The highest BCUT2D eigenvalue weighted by atomic mass is 35.5. The molecule has 0 bridgehead atoms. The molecule has 1 aromatic carbocycles. The summed E-state index contributed by atoms with van der Waals surface area (Å²) in [5.41, 5.74) is 6.33. The Bertz CT molecular complexity index is 546. The molecular weight excluding hydrogens is 326 g/mol. The zero-order valence-corrected chi connectivity index (χ0v) is 14.0.